The van der Waals surface area contributed by atoms with E-state index in [-0.39, 0.29) is 18.1 Å². The van der Waals surface area contributed by atoms with Crippen LogP contribution in [0, 0.1) is 5.82 Å². The van der Waals surface area contributed by atoms with Gasteiger partial charge in [-0.15, -0.1) is 0 Å². The Hall–Kier alpha value is -2.48. The molecule has 0 saturated carbocycles. The lowest BCUT2D eigenvalue weighted by atomic mass is 9.98. The van der Waals surface area contributed by atoms with Crippen molar-refractivity contribution in [1.29, 1.82) is 0 Å². The lowest BCUT2D eigenvalue weighted by Gasteiger charge is -2.23. The summed E-state index contributed by atoms with van der Waals surface area (Å²) in [5.41, 5.74) is -1.81. The molecule has 2 amide bonds. The molecule has 1 aliphatic heterocycles. The molecule has 3 N–H and O–H groups in total. The molecular weight excluding hydrogens is 363 g/mol. The van der Waals surface area contributed by atoms with E-state index < -0.39 is 29.3 Å². The van der Waals surface area contributed by atoms with Gasteiger partial charge in [-0.3, -0.25) is 9.59 Å². The number of aliphatic hydroxyl groups excluding tert-OH is 1. The highest BCUT2D eigenvalue weighted by Crippen LogP contribution is 2.29. The Morgan fingerprint density at radius 1 is 1.31 bits per heavy atom. The van der Waals surface area contributed by atoms with Crippen LogP contribution in [0.4, 0.5) is 10.1 Å². The normalized spacial score (nSPS) is 22.5. The third-order valence-electron chi connectivity index (χ3n) is 4.20. The van der Waals surface area contributed by atoms with Gasteiger partial charge >= 0.3 is 0 Å². The molecule has 0 aliphatic carbocycles. The van der Waals surface area contributed by atoms with Crippen LogP contribution in [0.3, 0.4) is 0 Å². The third kappa shape index (κ3) is 3.29. The van der Waals surface area contributed by atoms with Gasteiger partial charge in [0.25, 0.3) is 11.8 Å². The van der Waals surface area contributed by atoms with Gasteiger partial charge in [-0.25, -0.2) is 4.39 Å². The fourth-order valence-corrected chi connectivity index (χ4v) is 3.09. The Labute approximate surface area is 153 Å². The van der Waals surface area contributed by atoms with Gasteiger partial charge in [0.2, 0.25) is 5.60 Å². The summed E-state index contributed by atoms with van der Waals surface area (Å²) in [6, 6.07) is 12.1. The van der Waals surface area contributed by atoms with Crippen LogP contribution in [-0.4, -0.2) is 40.3 Å². The number of nitrogens with one attached hydrogen (secondary N) is 1. The number of amides is 2. The Balaban J connectivity index is 1.76. The molecule has 0 spiro atoms. The number of aliphatic hydroxyl groups is 2. The van der Waals surface area contributed by atoms with E-state index in [1.807, 2.05) is 0 Å². The summed E-state index contributed by atoms with van der Waals surface area (Å²) >= 11 is 5.75. The predicted octanol–water partition coefficient (Wildman–Crippen LogP) is 1.23. The molecule has 6 nitrogen and oxygen atoms in total. The summed E-state index contributed by atoms with van der Waals surface area (Å²) in [4.78, 5) is 26.1. The quantitative estimate of drug-likeness (QED) is 0.698. The maximum absolute atomic E-state index is 13.3. The summed E-state index contributed by atoms with van der Waals surface area (Å²) in [6.45, 7) is -0.386. The summed E-state index contributed by atoms with van der Waals surface area (Å²) in [6.07, 6.45) is -1.61. The number of nitrogens with zero attached hydrogens (tertiary/aromatic N) is 1. The molecule has 2 aromatic rings. The van der Waals surface area contributed by atoms with E-state index in [1.165, 1.54) is 12.1 Å². The van der Waals surface area contributed by atoms with E-state index in [2.05, 4.69) is 5.32 Å². The second-order valence-electron chi connectivity index (χ2n) is 5.99. The molecule has 1 heterocycles. The van der Waals surface area contributed by atoms with Gasteiger partial charge in [-0.05, 0) is 35.9 Å². The molecule has 1 saturated heterocycles. The number of hydrogen-bond donors (Lipinski definition) is 3. The smallest absolute Gasteiger partial charge is 0.271 e. The maximum Gasteiger partial charge on any atom is 0.271 e. The number of rotatable bonds is 4. The average Bonchev–Trinajstić information content (AvgIpc) is 2.85. The van der Waals surface area contributed by atoms with Crippen molar-refractivity contribution in [3.05, 3.63) is 64.9 Å². The molecule has 1 aliphatic rings. The topological polar surface area (TPSA) is 89.9 Å². The van der Waals surface area contributed by atoms with E-state index in [0.29, 0.717) is 11.3 Å². The standard InChI is InChI=1S/C18H16ClFN2O4/c19-12-6-11(7-13(20)8-12)9-21-16(24)18(26)15(23)10-22(17(18)25)14-4-2-1-3-5-14/h1-8,15,23,26H,9-10H2,(H,21,24). The zero-order chi connectivity index (χ0) is 18.9. The van der Waals surface area contributed by atoms with E-state index >= 15 is 0 Å². The van der Waals surface area contributed by atoms with E-state index in [1.54, 1.807) is 30.3 Å². The van der Waals surface area contributed by atoms with Crippen molar-refractivity contribution in [1.82, 2.24) is 5.32 Å². The second kappa shape index (κ2) is 7.03. The highest BCUT2D eigenvalue weighted by Gasteiger charge is 2.58. The molecule has 8 heteroatoms. The van der Waals surface area contributed by atoms with Crippen LogP contribution >= 0.6 is 11.6 Å². The Morgan fingerprint density at radius 2 is 2.00 bits per heavy atom. The SMILES string of the molecule is O=C(NCc1cc(F)cc(Cl)c1)C1(O)C(=O)N(c2ccccc2)CC1O. The van der Waals surface area contributed by atoms with Crippen molar-refractivity contribution in [3.63, 3.8) is 0 Å². The number of para-hydroxylation sites is 1. The fraction of sp³-hybridized carbons (Fsp3) is 0.222. The van der Waals surface area contributed by atoms with E-state index in [9.17, 15) is 24.2 Å². The van der Waals surface area contributed by atoms with Gasteiger partial charge in [-0.2, -0.15) is 0 Å². The molecule has 26 heavy (non-hydrogen) atoms. The number of anilines is 1. The number of hydrogen-bond acceptors (Lipinski definition) is 4. The molecule has 0 bridgehead atoms. The van der Waals surface area contributed by atoms with Crippen molar-refractivity contribution < 1.29 is 24.2 Å². The van der Waals surface area contributed by atoms with Crippen LogP contribution in [-0.2, 0) is 16.1 Å². The number of carbonyl (C=O) groups excluding carboxylic acids is 2. The van der Waals surface area contributed by atoms with Crippen LogP contribution in [0.1, 0.15) is 5.56 Å². The van der Waals surface area contributed by atoms with Crippen molar-refractivity contribution in [2.24, 2.45) is 0 Å². The maximum atomic E-state index is 13.3. The van der Waals surface area contributed by atoms with Crippen molar-refractivity contribution in [3.8, 4) is 0 Å². The fourth-order valence-electron chi connectivity index (χ4n) is 2.85. The Bertz CT molecular complexity index is 828. The zero-order valence-electron chi connectivity index (χ0n) is 13.5. The molecule has 1 fully saturated rings. The first-order valence-corrected chi connectivity index (χ1v) is 8.21. The van der Waals surface area contributed by atoms with Crippen molar-refractivity contribution in [2.45, 2.75) is 18.2 Å². The van der Waals surface area contributed by atoms with Crippen molar-refractivity contribution in [2.75, 3.05) is 11.4 Å². The van der Waals surface area contributed by atoms with Crippen LogP contribution in [0.15, 0.2) is 48.5 Å². The molecule has 136 valence electrons. The molecule has 2 unspecified atom stereocenters. The Kier molecular flexibility index (Phi) is 4.95. The highest BCUT2D eigenvalue weighted by atomic mass is 35.5. The molecular formula is C18H16ClFN2O4. The monoisotopic (exact) mass is 378 g/mol. The van der Waals surface area contributed by atoms with Gasteiger partial charge < -0.3 is 20.4 Å². The second-order valence-corrected chi connectivity index (χ2v) is 6.43. The average molecular weight is 379 g/mol. The molecule has 2 aromatic carbocycles. The summed E-state index contributed by atoms with van der Waals surface area (Å²) in [5.74, 6) is -2.56. The number of halogens is 2. The number of β-amino-alcohol motifs (C(OH)–C–C–N with tert-alkyl or cyclic N) is 1. The minimum Gasteiger partial charge on any atom is -0.387 e. The number of carbonyl (C=O) groups is 2. The van der Waals surface area contributed by atoms with Crippen LogP contribution in [0.2, 0.25) is 5.02 Å². The largest absolute Gasteiger partial charge is 0.387 e. The first-order valence-electron chi connectivity index (χ1n) is 7.83. The molecule has 0 radical (unpaired) electrons. The number of benzene rings is 2. The summed E-state index contributed by atoms with van der Waals surface area (Å²) < 4.78 is 13.3. The molecule has 0 aromatic heterocycles. The van der Waals surface area contributed by atoms with E-state index in [0.717, 1.165) is 11.0 Å². The van der Waals surface area contributed by atoms with Crippen LogP contribution < -0.4 is 10.2 Å². The van der Waals surface area contributed by atoms with Gasteiger partial charge in [-0.1, -0.05) is 29.8 Å². The van der Waals surface area contributed by atoms with Gasteiger partial charge in [0.15, 0.2) is 0 Å². The zero-order valence-corrected chi connectivity index (χ0v) is 14.3. The van der Waals surface area contributed by atoms with Gasteiger partial charge in [0, 0.05) is 17.3 Å². The first kappa shape index (κ1) is 18.3. The highest BCUT2D eigenvalue weighted by molar-refractivity contribution is 6.30. The minimum absolute atomic E-state index is 0.153. The first-order chi connectivity index (χ1) is 12.3. The van der Waals surface area contributed by atoms with Crippen molar-refractivity contribution >= 4 is 29.1 Å². The van der Waals surface area contributed by atoms with Gasteiger partial charge in [0.1, 0.15) is 11.9 Å². The lowest BCUT2D eigenvalue weighted by molar-refractivity contribution is -0.157. The molecule has 2 atom stereocenters. The van der Waals surface area contributed by atoms with E-state index in [4.69, 9.17) is 11.6 Å². The third-order valence-corrected chi connectivity index (χ3v) is 4.42. The van der Waals surface area contributed by atoms with Gasteiger partial charge in [0.05, 0.1) is 6.54 Å². The molecule has 3 rings (SSSR count). The minimum atomic E-state index is -2.62. The van der Waals surface area contributed by atoms with Crippen LogP contribution in [0.5, 0.6) is 0 Å². The summed E-state index contributed by atoms with van der Waals surface area (Å²) in [7, 11) is 0. The Morgan fingerprint density at radius 3 is 2.65 bits per heavy atom. The predicted molar refractivity (Wildman–Crippen MR) is 93.0 cm³/mol. The summed E-state index contributed by atoms with van der Waals surface area (Å²) in [5, 5.41) is 23.2. The van der Waals surface area contributed by atoms with Crippen LogP contribution in [0.25, 0.3) is 0 Å². The lowest BCUT2D eigenvalue weighted by Crippen LogP contribution is -2.57.